The van der Waals surface area contributed by atoms with Gasteiger partial charge in [-0.1, -0.05) is 18.6 Å². The van der Waals surface area contributed by atoms with E-state index in [1.807, 2.05) is 30.3 Å². The maximum atomic E-state index is 12.8. The highest BCUT2D eigenvalue weighted by Crippen LogP contribution is 2.36. The Morgan fingerprint density at radius 3 is 2.54 bits per heavy atom. The Morgan fingerprint density at radius 1 is 1.15 bits per heavy atom. The molecule has 1 aliphatic heterocycles. The highest BCUT2D eigenvalue weighted by Gasteiger charge is 2.25. The molecule has 1 saturated heterocycles. The van der Waals surface area contributed by atoms with Crippen LogP contribution in [0.3, 0.4) is 0 Å². The van der Waals surface area contributed by atoms with Crippen molar-refractivity contribution >= 4 is 17.3 Å². The van der Waals surface area contributed by atoms with Crippen molar-refractivity contribution in [2.24, 2.45) is 0 Å². The molecule has 26 heavy (non-hydrogen) atoms. The van der Waals surface area contributed by atoms with E-state index < -0.39 is 11.5 Å². The van der Waals surface area contributed by atoms with E-state index in [2.05, 4.69) is 10.2 Å². The second-order valence-corrected chi connectivity index (χ2v) is 7.29. The van der Waals surface area contributed by atoms with Gasteiger partial charge in [0.2, 0.25) is 0 Å². The third-order valence-corrected chi connectivity index (χ3v) is 5.50. The van der Waals surface area contributed by atoms with E-state index in [0.29, 0.717) is 17.2 Å². The van der Waals surface area contributed by atoms with E-state index in [4.69, 9.17) is 4.42 Å². The van der Waals surface area contributed by atoms with Crippen molar-refractivity contribution in [2.75, 3.05) is 23.3 Å². The molecule has 0 radical (unpaired) electrons. The fourth-order valence-electron chi connectivity index (χ4n) is 3.80. The fraction of sp³-hybridized carbons (Fsp3) is 0.429. The van der Waals surface area contributed by atoms with Gasteiger partial charge >= 0.3 is 5.63 Å². The summed E-state index contributed by atoms with van der Waals surface area (Å²) in [5, 5.41) is 2.92. The zero-order valence-electron chi connectivity index (χ0n) is 15.1. The van der Waals surface area contributed by atoms with Gasteiger partial charge in [-0.2, -0.15) is 0 Å². The number of aryl methyl sites for hydroxylation is 1. The van der Waals surface area contributed by atoms with E-state index in [-0.39, 0.29) is 5.56 Å². The first kappa shape index (κ1) is 16.9. The van der Waals surface area contributed by atoms with Gasteiger partial charge in [0.1, 0.15) is 11.3 Å². The lowest BCUT2D eigenvalue weighted by Crippen LogP contribution is -2.26. The zero-order chi connectivity index (χ0) is 18.1. The first-order chi connectivity index (χ1) is 12.6. The second-order valence-electron chi connectivity index (χ2n) is 7.29. The largest absolute Gasteiger partial charge is 0.427 e. The number of carbonyl (C=O) groups excluding carboxylic acids is 1. The number of nitrogens with one attached hydrogen (secondary N) is 1. The summed E-state index contributed by atoms with van der Waals surface area (Å²) in [6.07, 6.45) is 5.60. The summed E-state index contributed by atoms with van der Waals surface area (Å²) >= 11 is 0. The molecular formula is C21H24N2O3. The molecule has 1 saturated carbocycles. The molecule has 0 atom stereocenters. The topological polar surface area (TPSA) is 62.6 Å². The molecule has 1 aromatic heterocycles. The van der Waals surface area contributed by atoms with Gasteiger partial charge in [-0.25, -0.2) is 4.79 Å². The van der Waals surface area contributed by atoms with Gasteiger partial charge in [-0.3, -0.25) is 4.79 Å². The molecule has 136 valence electrons. The van der Waals surface area contributed by atoms with Crippen LogP contribution in [0.5, 0.6) is 0 Å². The predicted octanol–water partition coefficient (Wildman–Crippen LogP) is 4.07. The van der Waals surface area contributed by atoms with Gasteiger partial charge in [0, 0.05) is 19.0 Å². The average molecular weight is 352 g/mol. The minimum atomic E-state index is -0.539. The molecule has 2 aliphatic rings. The second kappa shape index (κ2) is 6.98. The number of anilines is 2. The van der Waals surface area contributed by atoms with E-state index in [1.54, 1.807) is 6.92 Å². The Morgan fingerprint density at radius 2 is 1.88 bits per heavy atom. The van der Waals surface area contributed by atoms with Gasteiger partial charge in [0.05, 0.1) is 11.4 Å². The Kier molecular flexibility index (Phi) is 4.53. The van der Waals surface area contributed by atoms with Crippen LogP contribution in [-0.4, -0.2) is 19.0 Å². The molecule has 1 aliphatic carbocycles. The van der Waals surface area contributed by atoms with Gasteiger partial charge in [0.15, 0.2) is 0 Å². The lowest BCUT2D eigenvalue weighted by molar-refractivity contribution is 0.102. The number of rotatable bonds is 4. The highest BCUT2D eigenvalue weighted by molar-refractivity contribution is 6.06. The van der Waals surface area contributed by atoms with Crippen molar-refractivity contribution < 1.29 is 9.21 Å². The summed E-state index contributed by atoms with van der Waals surface area (Å²) in [6.45, 7) is 3.79. The van der Waals surface area contributed by atoms with Crippen LogP contribution in [0.4, 0.5) is 11.4 Å². The molecule has 5 nitrogen and oxygen atoms in total. The standard InChI is InChI=1S/C21H24N2O3/c1-14-13-18(15-7-6-8-15)26-21(25)19(14)20(24)22-16-9-2-3-10-17(16)23-11-4-5-12-23/h2-3,9-10,13,15H,4-8,11-12H2,1H3,(H,22,24). The van der Waals surface area contributed by atoms with Crippen molar-refractivity contribution in [1.82, 2.24) is 0 Å². The van der Waals surface area contributed by atoms with Crippen LogP contribution >= 0.6 is 0 Å². The Balaban J connectivity index is 1.60. The Labute approximate surface area is 153 Å². The summed E-state index contributed by atoms with van der Waals surface area (Å²) in [5.74, 6) is 0.644. The van der Waals surface area contributed by atoms with Crippen LogP contribution in [0.2, 0.25) is 0 Å². The molecule has 1 amide bonds. The molecule has 0 spiro atoms. The lowest BCUT2D eigenvalue weighted by atomic mass is 9.83. The van der Waals surface area contributed by atoms with Crippen LogP contribution in [-0.2, 0) is 0 Å². The maximum Gasteiger partial charge on any atom is 0.349 e. The molecule has 4 rings (SSSR count). The average Bonchev–Trinajstić information content (AvgIpc) is 3.07. The van der Waals surface area contributed by atoms with Gasteiger partial charge in [-0.05, 0) is 56.4 Å². The van der Waals surface area contributed by atoms with Gasteiger partial charge in [-0.15, -0.1) is 0 Å². The quantitative estimate of drug-likeness (QED) is 0.901. The monoisotopic (exact) mass is 352 g/mol. The van der Waals surface area contributed by atoms with Crippen molar-refractivity contribution in [2.45, 2.75) is 44.9 Å². The molecule has 0 bridgehead atoms. The van der Waals surface area contributed by atoms with Crippen LogP contribution in [0.15, 0.2) is 39.5 Å². The van der Waals surface area contributed by atoms with Crippen molar-refractivity contribution in [1.29, 1.82) is 0 Å². The first-order valence-electron chi connectivity index (χ1n) is 9.43. The first-order valence-corrected chi connectivity index (χ1v) is 9.43. The van der Waals surface area contributed by atoms with Crippen LogP contribution < -0.4 is 15.8 Å². The van der Waals surface area contributed by atoms with E-state index in [9.17, 15) is 9.59 Å². The summed E-state index contributed by atoms with van der Waals surface area (Å²) in [7, 11) is 0. The number of hydrogen-bond acceptors (Lipinski definition) is 4. The number of benzene rings is 1. The molecule has 2 fully saturated rings. The van der Waals surface area contributed by atoms with E-state index in [0.717, 1.165) is 50.1 Å². The predicted molar refractivity (Wildman–Crippen MR) is 102 cm³/mol. The molecule has 5 heteroatoms. The highest BCUT2D eigenvalue weighted by atomic mass is 16.4. The summed E-state index contributed by atoms with van der Waals surface area (Å²) in [4.78, 5) is 27.5. The number of para-hydroxylation sites is 2. The molecule has 2 heterocycles. The molecule has 2 aromatic rings. The third kappa shape index (κ3) is 3.14. The minimum absolute atomic E-state index is 0.101. The normalized spacial score (nSPS) is 17.2. The van der Waals surface area contributed by atoms with Crippen molar-refractivity contribution in [3.05, 3.63) is 57.6 Å². The van der Waals surface area contributed by atoms with Crippen LogP contribution in [0.25, 0.3) is 0 Å². The Hall–Kier alpha value is -2.56. The number of hydrogen-bond donors (Lipinski definition) is 1. The smallest absolute Gasteiger partial charge is 0.349 e. The summed E-state index contributed by atoms with van der Waals surface area (Å²) in [5.41, 5.74) is 1.99. The van der Waals surface area contributed by atoms with Gasteiger partial charge < -0.3 is 14.6 Å². The van der Waals surface area contributed by atoms with Crippen LogP contribution in [0, 0.1) is 6.92 Å². The SMILES string of the molecule is Cc1cc(C2CCC2)oc(=O)c1C(=O)Nc1ccccc1N1CCCC1. The fourth-order valence-corrected chi connectivity index (χ4v) is 3.80. The number of carbonyl (C=O) groups is 1. The van der Waals surface area contributed by atoms with Crippen molar-refractivity contribution in [3.63, 3.8) is 0 Å². The van der Waals surface area contributed by atoms with E-state index in [1.165, 1.54) is 6.42 Å². The zero-order valence-corrected chi connectivity index (χ0v) is 15.1. The summed E-state index contributed by atoms with van der Waals surface area (Å²) < 4.78 is 5.46. The molecular weight excluding hydrogens is 328 g/mol. The molecule has 1 aromatic carbocycles. The van der Waals surface area contributed by atoms with Crippen molar-refractivity contribution in [3.8, 4) is 0 Å². The lowest BCUT2D eigenvalue weighted by Gasteiger charge is -2.24. The maximum absolute atomic E-state index is 12.8. The molecule has 0 unspecified atom stereocenters. The third-order valence-electron chi connectivity index (χ3n) is 5.50. The summed E-state index contributed by atoms with van der Waals surface area (Å²) in [6, 6.07) is 9.61. The Bertz CT molecular complexity index is 877. The van der Waals surface area contributed by atoms with Gasteiger partial charge in [0.25, 0.3) is 5.91 Å². The van der Waals surface area contributed by atoms with E-state index >= 15 is 0 Å². The van der Waals surface area contributed by atoms with Crippen LogP contribution in [0.1, 0.15) is 59.7 Å². The number of amides is 1. The number of nitrogens with zero attached hydrogens (tertiary/aromatic N) is 1. The minimum Gasteiger partial charge on any atom is -0.427 e. The molecule has 1 N–H and O–H groups in total.